The van der Waals surface area contributed by atoms with E-state index < -0.39 is 0 Å². The molecule has 19 heavy (non-hydrogen) atoms. The first-order chi connectivity index (χ1) is 9.28. The van der Waals surface area contributed by atoms with Crippen molar-refractivity contribution in [1.82, 2.24) is 5.32 Å². The van der Waals surface area contributed by atoms with Gasteiger partial charge in [-0.2, -0.15) is 0 Å². The van der Waals surface area contributed by atoms with Crippen molar-refractivity contribution < 1.29 is 14.3 Å². The molecule has 2 aliphatic rings. The molecule has 1 aliphatic carbocycles. The number of benzene rings is 1. The van der Waals surface area contributed by atoms with Gasteiger partial charge >= 0.3 is 5.97 Å². The molecule has 4 nitrogen and oxygen atoms in total. The second-order valence-corrected chi connectivity index (χ2v) is 5.35. The van der Waals surface area contributed by atoms with E-state index in [2.05, 4.69) is 5.32 Å². The highest BCUT2D eigenvalue weighted by Crippen LogP contribution is 2.44. The number of rotatable bonds is 5. The molecule has 1 saturated carbocycles. The fourth-order valence-corrected chi connectivity index (χ4v) is 2.31. The molecule has 0 amide bonds. The van der Waals surface area contributed by atoms with Crippen LogP contribution < -0.4 is 10.1 Å². The predicted octanol–water partition coefficient (Wildman–Crippen LogP) is 1.95. The monoisotopic (exact) mass is 261 g/mol. The zero-order valence-electron chi connectivity index (χ0n) is 11.1. The van der Waals surface area contributed by atoms with Crippen molar-refractivity contribution in [2.45, 2.75) is 18.8 Å². The third-order valence-corrected chi connectivity index (χ3v) is 3.79. The van der Waals surface area contributed by atoms with Gasteiger partial charge in [0, 0.05) is 19.0 Å². The second-order valence-electron chi connectivity index (χ2n) is 5.35. The number of nitrogens with one attached hydrogen (secondary N) is 1. The molecule has 0 unspecified atom stereocenters. The molecule has 1 heterocycles. The topological polar surface area (TPSA) is 47.6 Å². The lowest BCUT2D eigenvalue weighted by Crippen LogP contribution is -2.45. The van der Waals surface area contributed by atoms with Gasteiger partial charge in [-0.3, -0.25) is 0 Å². The Kier molecular flexibility index (Phi) is 3.42. The maximum absolute atomic E-state index is 11.6. The Hall–Kier alpha value is -1.55. The van der Waals surface area contributed by atoms with Crippen LogP contribution in [0.15, 0.2) is 18.2 Å². The average Bonchev–Trinajstić information content (AvgIpc) is 3.20. The van der Waals surface area contributed by atoms with Gasteiger partial charge in [0.25, 0.3) is 0 Å². The summed E-state index contributed by atoms with van der Waals surface area (Å²) in [5.41, 5.74) is 1.78. The highest BCUT2D eigenvalue weighted by atomic mass is 16.5. The molecule has 0 bridgehead atoms. The summed E-state index contributed by atoms with van der Waals surface area (Å²) in [7, 11) is 1.41. The van der Waals surface area contributed by atoms with Crippen molar-refractivity contribution in [3.05, 3.63) is 29.3 Å². The lowest BCUT2D eigenvalue weighted by Gasteiger charge is -2.27. The lowest BCUT2D eigenvalue weighted by molar-refractivity contribution is 0.0600. The molecule has 1 N–H and O–H groups in total. The zero-order valence-corrected chi connectivity index (χ0v) is 11.1. The van der Waals surface area contributed by atoms with Gasteiger partial charge in [-0.05, 0) is 42.5 Å². The van der Waals surface area contributed by atoms with Crippen LogP contribution in [0.2, 0.25) is 0 Å². The Balaban J connectivity index is 1.75. The minimum Gasteiger partial charge on any atom is -0.493 e. The fourth-order valence-electron chi connectivity index (χ4n) is 2.31. The van der Waals surface area contributed by atoms with Crippen LogP contribution in [0.5, 0.6) is 5.75 Å². The van der Waals surface area contributed by atoms with E-state index in [-0.39, 0.29) is 5.97 Å². The van der Waals surface area contributed by atoms with Gasteiger partial charge in [0.15, 0.2) is 0 Å². The van der Waals surface area contributed by atoms with Crippen LogP contribution in [0.25, 0.3) is 0 Å². The second kappa shape index (κ2) is 5.21. The van der Waals surface area contributed by atoms with Crippen molar-refractivity contribution in [1.29, 1.82) is 0 Å². The van der Waals surface area contributed by atoms with E-state index >= 15 is 0 Å². The van der Waals surface area contributed by atoms with Crippen LogP contribution in [-0.4, -0.2) is 32.8 Å². The predicted molar refractivity (Wildman–Crippen MR) is 71.6 cm³/mol. The van der Waals surface area contributed by atoms with Crippen molar-refractivity contribution >= 4 is 5.97 Å². The third kappa shape index (κ3) is 2.73. The molecule has 1 aromatic carbocycles. The molecule has 4 heteroatoms. The third-order valence-electron chi connectivity index (χ3n) is 3.79. The van der Waals surface area contributed by atoms with Crippen LogP contribution >= 0.6 is 0 Å². The standard InChI is InChI=1S/C15H19NO3/c1-18-15(17)12-4-5-14(13(6-12)11-2-3-11)19-9-10-7-16-8-10/h4-6,10-11,16H,2-3,7-9H2,1H3. The molecule has 1 aromatic rings. The maximum atomic E-state index is 11.6. The smallest absolute Gasteiger partial charge is 0.337 e. The molecule has 0 aromatic heterocycles. The minimum absolute atomic E-state index is 0.281. The first kappa shape index (κ1) is 12.5. The Morgan fingerprint density at radius 2 is 2.16 bits per heavy atom. The van der Waals surface area contributed by atoms with Crippen LogP contribution in [0.3, 0.4) is 0 Å². The van der Waals surface area contributed by atoms with E-state index in [0.29, 0.717) is 17.4 Å². The quantitative estimate of drug-likeness (QED) is 0.823. The SMILES string of the molecule is COC(=O)c1ccc(OCC2CNC2)c(C2CC2)c1. The summed E-state index contributed by atoms with van der Waals surface area (Å²) in [5, 5.41) is 3.24. The number of methoxy groups -OCH3 is 1. The van der Waals surface area contributed by atoms with Crippen LogP contribution in [-0.2, 0) is 4.74 Å². The summed E-state index contributed by atoms with van der Waals surface area (Å²) >= 11 is 0. The number of carbonyl (C=O) groups excluding carboxylic acids is 1. The lowest BCUT2D eigenvalue weighted by atomic mass is 10.0. The number of hydrogen-bond acceptors (Lipinski definition) is 4. The molecular weight excluding hydrogens is 242 g/mol. The van der Waals surface area contributed by atoms with Gasteiger partial charge in [0.05, 0.1) is 19.3 Å². The summed E-state index contributed by atoms with van der Waals surface area (Å²) in [6.45, 7) is 2.84. The van der Waals surface area contributed by atoms with Crippen molar-refractivity contribution in [2.24, 2.45) is 5.92 Å². The Bertz CT molecular complexity index is 478. The molecule has 0 atom stereocenters. The van der Waals surface area contributed by atoms with Crippen molar-refractivity contribution in [2.75, 3.05) is 26.8 Å². The van der Waals surface area contributed by atoms with Gasteiger partial charge in [0.1, 0.15) is 5.75 Å². The van der Waals surface area contributed by atoms with Crippen LogP contribution in [0.1, 0.15) is 34.7 Å². The summed E-state index contributed by atoms with van der Waals surface area (Å²) in [6, 6.07) is 5.62. The number of hydrogen-bond donors (Lipinski definition) is 1. The average molecular weight is 261 g/mol. The first-order valence-electron chi connectivity index (χ1n) is 6.83. The summed E-state index contributed by atoms with van der Waals surface area (Å²) in [4.78, 5) is 11.6. The van der Waals surface area contributed by atoms with E-state index in [0.717, 1.165) is 31.0 Å². The maximum Gasteiger partial charge on any atom is 0.337 e. The Morgan fingerprint density at radius 3 is 2.74 bits per heavy atom. The molecule has 0 radical (unpaired) electrons. The largest absolute Gasteiger partial charge is 0.493 e. The van der Waals surface area contributed by atoms with Gasteiger partial charge < -0.3 is 14.8 Å². The molecule has 1 saturated heterocycles. The van der Waals surface area contributed by atoms with Crippen LogP contribution in [0.4, 0.5) is 0 Å². The molecular formula is C15H19NO3. The molecule has 2 fully saturated rings. The fraction of sp³-hybridized carbons (Fsp3) is 0.533. The number of carbonyl (C=O) groups is 1. The Labute approximate surface area is 113 Å². The van der Waals surface area contributed by atoms with Gasteiger partial charge in [-0.25, -0.2) is 4.79 Å². The van der Waals surface area contributed by atoms with E-state index in [1.807, 2.05) is 12.1 Å². The van der Waals surface area contributed by atoms with Crippen molar-refractivity contribution in [3.8, 4) is 5.75 Å². The normalized spacial score (nSPS) is 18.8. The Morgan fingerprint density at radius 1 is 1.37 bits per heavy atom. The van der Waals surface area contributed by atoms with E-state index in [1.54, 1.807) is 6.07 Å². The van der Waals surface area contributed by atoms with Gasteiger partial charge in [0.2, 0.25) is 0 Å². The number of ether oxygens (including phenoxy) is 2. The van der Waals surface area contributed by atoms with Gasteiger partial charge in [-0.1, -0.05) is 0 Å². The molecule has 3 rings (SSSR count). The summed E-state index contributed by atoms with van der Waals surface area (Å²) in [5.74, 6) is 1.82. The number of esters is 1. The van der Waals surface area contributed by atoms with E-state index in [4.69, 9.17) is 9.47 Å². The minimum atomic E-state index is -0.281. The van der Waals surface area contributed by atoms with Crippen molar-refractivity contribution in [3.63, 3.8) is 0 Å². The molecule has 0 spiro atoms. The highest BCUT2D eigenvalue weighted by Gasteiger charge is 2.28. The molecule has 102 valence electrons. The van der Waals surface area contributed by atoms with E-state index in [1.165, 1.54) is 20.0 Å². The first-order valence-corrected chi connectivity index (χ1v) is 6.83. The summed E-state index contributed by atoms with van der Waals surface area (Å²) < 4.78 is 10.7. The van der Waals surface area contributed by atoms with Gasteiger partial charge in [-0.15, -0.1) is 0 Å². The zero-order chi connectivity index (χ0) is 13.2. The van der Waals surface area contributed by atoms with E-state index in [9.17, 15) is 4.79 Å². The van der Waals surface area contributed by atoms with Crippen LogP contribution in [0, 0.1) is 5.92 Å². The molecule has 1 aliphatic heterocycles. The highest BCUT2D eigenvalue weighted by molar-refractivity contribution is 5.89. The summed E-state index contributed by atoms with van der Waals surface area (Å²) in [6.07, 6.45) is 2.37.